The molecule has 13 heteroatoms. The summed E-state index contributed by atoms with van der Waals surface area (Å²) in [5.41, 5.74) is 3.11. The van der Waals surface area contributed by atoms with E-state index >= 15 is 0 Å². The van der Waals surface area contributed by atoms with Crippen molar-refractivity contribution in [1.29, 1.82) is 0 Å². The van der Waals surface area contributed by atoms with E-state index in [2.05, 4.69) is 40.9 Å². The number of H-pyrrole nitrogens is 1. The molecule has 0 aliphatic carbocycles. The topological polar surface area (TPSA) is 132 Å². The van der Waals surface area contributed by atoms with Crippen molar-refractivity contribution >= 4 is 39.6 Å². The van der Waals surface area contributed by atoms with Gasteiger partial charge < -0.3 is 4.90 Å². The third kappa shape index (κ3) is 4.02. The van der Waals surface area contributed by atoms with Gasteiger partial charge in [0.2, 0.25) is 11.6 Å². The molecular formula is C24H27ClFN9OS. The predicted octanol–water partition coefficient (Wildman–Crippen LogP) is 3.58. The highest BCUT2D eigenvalue weighted by Gasteiger charge is 2.50. The maximum atomic E-state index is 13.9. The zero-order valence-electron chi connectivity index (χ0n) is 20.5. The van der Waals surface area contributed by atoms with Gasteiger partial charge in [-0.3, -0.25) is 14.9 Å². The van der Waals surface area contributed by atoms with Gasteiger partial charge in [-0.05, 0) is 45.2 Å². The Bertz CT molecular complexity index is 1510. The molecule has 2 aliphatic rings. The molecule has 194 valence electrons. The van der Waals surface area contributed by atoms with Gasteiger partial charge in [-0.2, -0.15) is 14.6 Å². The first-order valence-electron chi connectivity index (χ1n) is 12.1. The van der Waals surface area contributed by atoms with Gasteiger partial charge in [-0.25, -0.2) is 19.2 Å². The summed E-state index contributed by atoms with van der Waals surface area (Å²) in [6.45, 7) is 6.39. The van der Waals surface area contributed by atoms with E-state index in [0.717, 1.165) is 44.7 Å². The van der Waals surface area contributed by atoms with Crippen LogP contribution in [0.15, 0.2) is 30.7 Å². The number of hydrogen-bond donors (Lipinski definition) is 2. The number of nitrogens with zero attached hydrogens (tertiary/aromatic N) is 7. The second kappa shape index (κ2) is 8.81. The van der Waals surface area contributed by atoms with Crippen LogP contribution in [0.4, 0.5) is 10.2 Å². The van der Waals surface area contributed by atoms with Gasteiger partial charge in [-0.1, -0.05) is 11.6 Å². The molecule has 0 saturated carbocycles. The summed E-state index contributed by atoms with van der Waals surface area (Å²) in [7, 11) is -1.42. The summed E-state index contributed by atoms with van der Waals surface area (Å²) >= 11 is 6.12. The molecule has 3 N–H and O–H groups in total. The van der Waals surface area contributed by atoms with Crippen LogP contribution in [0.3, 0.4) is 0 Å². The Labute approximate surface area is 220 Å². The fourth-order valence-electron chi connectivity index (χ4n) is 5.81. The maximum Gasteiger partial charge on any atom is 0.232 e. The molecule has 2 atom stereocenters. The van der Waals surface area contributed by atoms with Gasteiger partial charge in [0, 0.05) is 54.6 Å². The Morgan fingerprint density at radius 1 is 1.27 bits per heavy atom. The molecule has 6 rings (SSSR count). The quantitative estimate of drug-likeness (QED) is 0.368. The number of nitrogens with one attached hydrogen (secondary N) is 1. The summed E-state index contributed by atoms with van der Waals surface area (Å²) in [6, 6.07) is 3.69. The molecule has 10 nitrogen and oxygen atoms in total. The van der Waals surface area contributed by atoms with Crippen molar-refractivity contribution in [3.63, 3.8) is 0 Å². The lowest BCUT2D eigenvalue weighted by molar-refractivity contribution is 0.156. The number of halogens is 2. The lowest BCUT2D eigenvalue weighted by Crippen LogP contribution is -2.45. The lowest BCUT2D eigenvalue weighted by atomic mass is 9.67. The fraction of sp³-hybridized carbons (Fsp3) is 0.458. The van der Waals surface area contributed by atoms with Crippen LogP contribution in [0.25, 0.3) is 22.4 Å². The van der Waals surface area contributed by atoms with E-state index in [1.165, 1.54) is 11.9 Å². The highest BCUT2D eigenvalue weighted by Crippen LogP contribution is 2.54. The van der Waals surface area contributed by atoms with Crippen molar-refractivity contribution in [1.82, 2.24) is 34.9 Å². The van der Waals surface area contributed by atoms with Gasteiger partial charge in [-0.15, -0.1) is 0 Å². The monoisotopic (exact) mass is 543 g/mol. The van der Waals surface area contributed by atoms with E-state index in [-0.39, 0.29) is 16.4 Å². The Balaban J connectivity index is 1.24. The highest BCUT2D eigenvalue weighted by atomic mass is 35.5. The number of anilines is 1. The molecule has 37 heavy (non-hydrogen) atoms. The first-order chi connectivity index (χ1) is 17.7. The standard InChI is InChI=1S/C24H27ClFN9OS/c1-23(2,37(27)36)11-15-16-4-8-30-35(16)13-24(15)5-9-34(10-6-24)17-12-29-20-19(32-33-22(20)31-17)14-3-7-28-21(26)18(14)25/h3-4,7-8,12,15H,5-6,9-11,13,27H2,1-2H3,(H,31,32,33)/t15-,37?/m1/s1. The average Bonchev–Trinajstić information content (AvgIpc) is 3.56. The van der Waals surface area contributed by atoms with Crippen molar-refractivity contribution in [3.8, 4) is 11.3 Å². The van der Waals surface area contributed by atoms with Crippen LogP contribution in [-0.4, -0.2) is 57.0 Å². The molecule has 6 heterocycles. The number of aromatic nitrogens is 7. The highest BCUT2D eigenvalue weighted by molar-refractivity contribution is 7.84. The Kier molecular flexibility index (Phi) is 5.81. The minimum Gasteiger partial charge on any atom is -0.355 e. The van der Waals surface area contributed by atoms with Crippen LogP contribution in [0.5, 0.6) is 0 Å². The first-order valence-corrected chi connectivity index (χ1v) is 13.7. The van der Waals surface area contributed by atoms with Crippen LogP contribution in [0.1, 0.15) is 44.7 Å². The van der Waals surface area contributed by atoms with Crippen LogP contribution >= 0.6 is 11.6 Å². The second-order valence-electron chi connectivity index (χ2n) is 10.5. The number of piperidine rings is 1. The smallest absolute Gasteiger partial charge is 0.232 e. The molecule has 0 amide bonds. The predicted molar refractivity (Wildman–Crippen MR) is 140 cm³/mol. The molecule has 1 unspecified atom stereocenters. The lowest BCUT2D eigenvalue weighted by Gasteiger charge is -2.44. The largest absolute Gasteiger partial charge is 0.355 e. The summed E-state index contributed by atoms with van der Waals surface area (Å²) in [5.74, 6) is 0.220. The normalized spacial score (nSPS) is 20.0. The molecule has 2 aliphatic heterocycles. The van der Waals surface area contributed by atoms with E-state index in [1.54, 1.807) is 12.3 Å². The van der Waals surface area contributed by atoms with Gasteiger partial charge in [0.1, 0.15) is 16.4 Å². The Morgan fingerprint density at radius 3 is 2.81 bits per heavy atom. The van der Waals surface area contributed by atoms with Gasteiger partial charge in [0.25, 0.3) is 0 Å². The number of nitrogens with two attached hydrogens (primary N) is 1. The van der Waals surface area contributed by atoms with Gasteiger partial charge in [0.05, 0.1) is 27.6 Å². The molecule has 0 radical (unpaired) electrons. The molecule has 1 fully saturated rings. The van der Waals surface area contributed by atoms with Crippen LogP contribution in [0, 0.1) is 11.4 Å². The third-order valence-electron chi connectivity index (χ3n) is 8.00. The van der Waals surface area contributed by atoms with E-state index in [0.29, 0.717) is 22.4 Å². The molecule has 1 spiro atoms. The number of aromatic amines is 1. The minimum atomic E-state index is -1.42. The van der Waals surface area contributed by atoms with Gasteiger partial charge >= 0.3 is 0 Å². The van der Waals surface area contributed by atoms with Crippen molar-refractivity contribution in [2.24, 2.45) is 10.6 Å². The summed E-state index contributed by atoms with van der Waals surface area (Å²) in [6.07, 6.45) is 7.53. The number of pyridine rings is 1. The summed E-state index contributed by atoms with van der Waals surface area (Å²) in [4.78, 5) is 15.1. The minimum absolute atomic E-state index is 0.0237. The summed E-state index contributed by atoms with van der Waals surface area (Å²) in [5, 5.41) is 17.5. The SMILES string of the molecule is CC(C)(C[C@@H]1c2ccnn2CC12CCN(c1cnc3c(-c4ccnc(F)c4Cl)[nH]nc3n1)CC2)S(N)=O. The van der Waals surface area contributed by atoms with Crippen LogP contribution in [-0.2, 0) is 17.5 Å². The first kappa shape index (κ1) is 24.4. The number of hydrogen-bond acceptors (Lipinski definition) is 7. The Morgan fingerprint density at radius 2 is 2.05 bits per heavy atom. The third-order valence-corrected chi connectivity index (χ3v) is 9.62. The zero-order valence-corrected chi connectivity index (χ0v) is 22.1. The second-order valence-corrected chi connectivity index (χ2v) is 12.6. The van der Waals surface area contributed by atoms with Crippen LogP contribution < -0.4 is 10.0 Å². The van der Waals surface area contributed by atoms with E-state index in [9.17, 15) is 8.60 Å². The molecule has 1 saturated heterocycles. The number of rotatable bonds is 5. The maximum absolute atomic E-state index is 13.9. The zero-order chi connectivity index (χ0) is 25.9. The molecule has 4 aromatic rings. The van der Waals surface area contributed by atoms with Gasteiger partial charge in [0.15, 0.2) is 0 Å². The Hall–Kier alpha value is -2.96. The molecule has 0 aromatic carbocycles. The molecule has 0 bridgehead atoms. The van der Waals surface area contributed by atoms with E-state index < -0.39 is 21.7 Å². The van der Waals surface area contributed by atoms with Crippen molar-refractivity contribution < 1.29 is 8.60 Å². The van der Waals surface area contributed by atoms with Crippen LogP contribution in [0.2, 0.25) is 5.02 Å². The van der Waals surface area contributed by atoms with Crippen molar-refractivity contribution in [2.75, 3.05) is 18.0 Å². The van der Waals surface area contributed by atoms with E-state index in [4.69, 9.17) is 21.7 Å². The fourth-order valence-corrected chi connectivity index (χ4v) is 6.35. The average molecular weight is 544 g/mol. The number of fused-ring (bicyclic) bond motifs is 2. The molecule has 4 aromatic heterocycles. The molecular weight excluding hydrogens is 517 g/mol. The van der Waals surface area contributed by atoms with Crippen molar-refractivity contribution in [3.05, 3.63) is 47.4 Å². The van der Waals surface area contributed by atoms with E-state index in [1.807, 2.05) is 20.0 Å². The summed E-state index contributed by atoms with van der Waals surface area (Å²) < 4.78 is 27.7. The van der Waals surface area contributed by atoms with Crippen molar-refractivity contribution in [2.45, 2.75) is 50.3 Å².